The van der Waals surface area contributed by atoms with E-state index in [2.05, 4.69) is 10.6 Å². The predicted molar refractivity (Wildman–Crippen MR) is 121 cm³/mol. The lowest BCUT2D eigenvalue weighted by Gasteiger charge is -2.16. The first-order valence-corrected chi connectivity index (χ1v) is 10.0. The molecule has 3 aromatic rings. The lowest BCUT2D eigenvalue weighted by molar-refractivity contribution is -0.122. The van der Waals surface area contributed by atoms with E-state index in [0.29, 0.717) is 37.8 Å². The maximum atomic E-state index is 12.4. The minimum Gasteiger partial charge on any atom is -0.481 e. The molecular weight excluding hydrogens is 447 g/mol. The van der Waals surface area contributed by atoms with Gasteiger partial charge in [0.1, 0.15) is 5.75 Å². The molecule has 5 nitrogen and oxygen atoms in total. The van der Waals surface area contributed by atoms with E-state index in [4.69, 9.17) is 39.5 Å². The smallest absolute Gasteiger partial charge is 0.265 e. The van der Waals surface area contributed by atoms with Gasteiger partial charge in [0.05, 0.1) is 10.7 Å². The highest BCUT2D eigenvalue weighted by Crippen LogP contribution is 2.26. The van der Waals surface area contributed by atoms with Crippen LogP contribution in [0, 0.1) is 0 Å². The largest absolute Gasteiger partial charge is 0.481 e. The molecule has 0 heterocycles. The maximum Gasteiger partial charge on any atom is 0.265 e. The van der Waals surface area contributed by atoms with Gasteiger partial charge < -0.3 is 15.4 Å². The van der Waals surface area contributed by atoms with Crippen molar-refractivity contribution < 1.29 is 14.3 Å². The highest BCUT2D eigenvalue weighted by molar-refractivity contribution is 6.35. The summed E-state index contributed by atoms with van der Waals surface area (Å²) in [5, 5.41) is 6.87. The Labute approximate surface area is 188 Å². The van der Waals surface area contributed by atoms with Crippen molar-refractivity contribution in [2.75, 3.05) is 10.6 Å². The van der Waals surface area contributed by atoms with Gasteiger partial charge >= 0.3 is 0 Å². The molecule has 0 aliphatic carbocycles. The van der Waals surface area contributed by atoms with Crippen LogP contribution in [-0.4, -0.2) is 17.9 Å². The van der Waals surface area contributed by atoms with Crippen molar-refractivity contribution in [3.05, 3.63) is 87.4 Å². The minimum atomic E-state index is -0.797. The second kappa shape index (κ2) is 9.85. The fraction of sp³-hybridized carbons (Fsp3) is 0.0909. The van der Waals surface area contributed by atoms with Crippen molar-refractivity contribution >= 4 is 58.0 Å². The average molecular weight is 464 g/mol. The summed E-state index contributed by atoms with van der Waals surface area (Å²) >= 11 is 17.8. The molecule has 0 spiro atoms. The summed E-state index contributed by atoms with van der Waals surface area (Å²) in [6.07, 6.45) is -0.797. The average Bonchev–Trinajstić information content (AvgIpc) is 2.72. The van der Waals surface area contributed by atoms with Crippen LogP contribution < -0.4 is 15.4 Å². The van der Waals surface area contributed by atoms with Gasteiger partial charge in [-0.25, -0.2) is 0 Å². The molecule has 3 rings (SSSR count). The van der Waals surface area contributed by atoms with E-state index in [1.54, 1.807) is 73.7 Å². The summed E-state index contributed by atoms with van der Waals surface area (Å²) < 4.78 is 5.65. The number of amides is 2. The van der Waals surface area contributed by atoms with Crippen LogP contribution in [0.4, 0.5) is 11.4 Å². The topological polar surface area (TPSA) is 67.4 Å². The number of halogens is 3. The van der Waals surface area contributed by atoms with Crippen molar-refractivity contribution in [3.8, 4) is 5.75 Å². The number of carbonyl (C=O) groups is 2. The Morgan fingerprint density at radius 1 is 0.833 bits per heavy atom. The van der Waals surface area contributed by atoms with E-state index >= 15 is 0 Å². The van der Waals surface area contributed by atoms with Gasteiger partial charge in [0.2, 0.25) is 0 Å². The number of anilines is 2. The molecule has 2 amide bonds. The number of carbonyl (C=O) groups excluding carboxylic acids is 2. The Bertz CT molecular complexity index is 1050. The second-order valence-electron chi connectivity index (χ2n) is 6.36. The molecular formula is C22H17Cl3N2O3. The zero-order chi connectivity index (χ0) is 21.7. The molecule has 0 bridgehead atoms. The molecule has 0 aliphatic heterocycles. The quantitative estimate of drug-likeness (QED) is 0.450. The zero-order valence-corrected chi connectivity index (χ0v) is 18.1. The molecule has 0 fully saturated rings. The molecule has 0 saturated carbocycles. The monoisotopic (exact) mass is 462 g/mol. The van der Waals surface area contributed by atoms with Crippen molar-refractivity contribution in [2.45, 2.75) is 13.0 Å². The highest BCUT2D eigenvalue weighted by Gasteiger charge is 2.17. The summed E-state index contributed by atoms with van der Waals surface area (Å²) in [5.41, 5.74) is 1.48. The van der Waals surface area contributed by atoms with Crippen LogP contribution in [0.2, 0.25) is 15.1 Å². The Balaban J connectivity index is 1.59. The fourth-order valence-corrected chi connectivity index (χ4v) is 2.97. The first-order chi connectivity index (χ1) is 14.3. The Kier molecular flexibility index (Phi) is 7.21. The van der Waals surface area contributed by atoms with Gasteiger partial charge in [-0.3, -0.25) is 9.59 Å². The number of nitrogens with one attached hydrogen (secondary N) is 2. The van der Waals surface area contributed by atoms with Crippen LogP contribution >= 0.6 is 34.8 Å². The SMILES string of the molecule is C[C@H](Oc1ccc(C(=O)Nc2ccc(Cl)cc2)cc1)C(=O)Nc1cc(Cl)ccc1Cl. The van der Waals surface area contributed by atoms with Crippen LogP contribution in [0.5, 0.6) is 5.75 Å². The third kappa shape index (κ3) is 5.89. The lowest BCUT2D eigenvalue weighted by atomic mass is 10.2. The first kappa shape index (κ1) is 22.0. The predicted octanol–water partition coefficient (Wildman–Crippen LogP) is 6.31. The molecule has 3 aromatic carbocycles. The molecule has 30 heavy (non-hydrogen) atoms. The van der Waals surface area contributed by atoms with E-state index in [9.17, 15) is 9.59 Å². The van der Waals surface area contributed by atoms with Gasteiger partial charge in [-0.15, -0.1) is 0 Å². The van der Waals surface area contributed by atoms with Crippen LogP contribution in [-0.2, 0) is 4.79 Å². The third-order valence-corrected chi connectivity index (χ3v) is 4.90. The van der Waals surface area contributed by atoms with Gasteiger partial charge in [0.15, 0.2) is 6.10 Å². The van der Waals surface area contributed by atoms with Crippen molar-refractivity contribution in [1.29, 1.82) is 0 Å². The molecule has 0 unspecified atom stereocenters. The fourth-order valence-electron chi connectivity index (χ4n) is 2.51. The Morgan fingerprint density at radius 3 is 2.13 bits per heavy atom. The highest BCUT2D eigenvalue weighted by atomic mass is 35.5. The Morgan fingerprint density at radius 2 is 1.47 bits per heavy atom. The molecule has 154 valence electrons. The van der Waals surface area contributed by atoms with Crippen LogP contribution in [0.3, 0.4) is 0 Å². The lowest BCUT2D eigenvalue weighted by Crippen LogP contribution is -2.30. The molecule has 2 N–H and O–H groups in total. The van der Waals surface area contributed by atoms with Crippen molar-refractivity contribution in [2.24, 2.45) is 0 Å². The van der Waals surface area contributed by atoms with E-state index in [1.165, 1.54) is 0 Å². The molecule has 0 radical (unpaired) electrons. The summed E-state index contributed by atoms with van der Waals surface area (Å²) in [7, 11) is 0. The number of ether oxygens (including phenoxy) is 1. The molecule has 1 atom stereocenters. The number of benzene rings is 3. The molecule has 8 heteroatoms. The summed E-state index contributed by atoms with van der Waals surface area (Å²) in [6, 6.07) is 18.0. The van der Waals surface area contributed by atoms with Gasteiger partial charge in [-0.1, -0.05) is 34.8 Å². The van der Waals surface area contributed by atoms with E-state index in [1.807, 2.05) is 0 Å². The molecule has 0 aromatic heterocycles. The normalized spacial score (nSPS) is 11.5. The standard InChI is InChI=1S/C22H17Cl3N2O3/c1-13(21(28)27-20-12-16(24)6-11-19(20)25)30-18-9-2-14(3-10-18)22(29)26-17-7-4-15(23)5-8-17/h2-13H,1H3,(H,26,29)(H,27,28)/t13-/m0/s1. The van der Waals surface area contributed by atoms with Gasteiger partial charge in [-0.05, 0) is 73.7 Å². The number of rotatable bonds is 6. The van der Waals surface area contributed by atoms with Crippen molar-refractivity contribution in [3.63, 3.8) is 0 Å². The second-order valence-corrected chi connectivity index (χ2v) is 7.64. The van der Waals surface area contributed by atoms with Gasteiger partial charge in [-0.2, -0.15) is 0 Å². The van der Waals surface area contributed by atoms with E-state index < -0.39 is 6.10 Å². The Hall–Kier alpha value is -2.73. The number of hydrogen-bond donors (Lipinski definition) is 2. The maximum absolute atomic E-state index is 12.4. The molecule has 0 saturated heterocycles. The summed E-state index contributed by atoms with van der Waals surface area (Å²) in [6.45, 7) is 1.61. The summed E-state index contributed by atoms with van der Waals surface area (Å²) in [5.74, 6) is -0.216. The van der Waals surface area contributed by atoms with Crippen molar-refractivity contribution in [1.82, 2.24) is 0 Å². The van der Waals surface area contributed by atoms with E-state index in [0.717, 1.165) is 0 Å². The van der Waals surface area contributed by atoms with Crippen LogP contribution in [0.1, 0.15) is 17.3 Å². The van der Waals surface area contributed by atoms with Crippen LogP contribution in [0.25, 0.3) is 0 Å². The van der Waals surface area contributed by atoms with Crippen LogP contribution in [0.15, 0.2) is 66.7 Å². The van der Waals surface area contributed by atoms with Gasteiger partial charge in [0.25, 0.3) is 11.8 Å². The minimum absolute atomic E-state index is 0.273. The molecule has 0 aliphatic rings. The first-order valence-electron chi connectivity index (χ1n) is 8.91. The third-order valence-electron chi connectivity index (χ3n) is 4.09. The van der Waals surface area contributed by atoms with Gasteiger partial charge in [0, 0.05) is 21.3 Å². The van der Waals surface area contributed by atoms with E-state index in [-0.39, 0.29) is 11.8 Å². The zero-order valence-electron chi connectivity index (χ0n) is 15.8. The number of hydrogen-bond acceptors (Lipinski definition) is 3. The summed E-state index contributed by atoms with van der Waals surface area (Å²) in [4.78, 5) is 24.7.